The Hall–Kier alpha value is -0.670. The first-order valence-electron chi connectivity index (χ1n) is 6.14. The highest BCUT2D eigenvalue weighted by atomic mass is 35.5. The average molecular weight is 259 g/mol. The summed E-state index contributed by atoms with van der Waals surface area (Å²) in [6.07, 6.45) is 3.52. The van der Waals surface area contributed by atoms with E-state index in [-0.39, 0.29) is 17.8 Å². The van der Waals surface area contributed by atoms with Crippen molar-refractivity contribution in [2.24, 2.45) is 0 Å². The van der Waals surface area contributed by atoms with E-state index >= 15 is 0 Å². The lowest BCUT2D eigenvalue weighted by Gasteiger charge is -2.23. The van der Waals surface area contributed by atoms with E-state index in [1.807, 2.05) is 6.92 Å². The molecule has 0 aromatic carbocycles. The normalized spacial score (nSPS) is 14.6. The van der Waals surface area contributed by atoms with Crippen LogP contribution in [0.25, 0.3) is 0 Å². The van der Waals surface area contributed by atoms with Crippen LogP contribution in [0.4, 0.5) is 4.39 Å². The van der Waals surface area contributed by atoms with Gasteiger partial charge in [-0.3, -0.25) is 4.98 Å². The van der Waals surface area contributed by atoms with E-state index in [2.05, 4.69) is 24.1 Å². The van der Waals surface area contributed by atoms with Crippen molar-refractivity contribution in [3.8, 4) is 0 Å². The lowest BCUT2D eigenvalue weighted by molar-refractivity contribution is 0.420. The Kier molecular flexibility index (Phi) is 5.86. The summed E-state index contributed by atoms with van der Waals surface area (Å²) in [7, 11) is 0. The Morgan fingerprint density at radius 3 is 2.71 bits per heavy atom. The predicted octanol–water partition coefficient (Wildman–Crippen LogP) is 3.76. The molecule has 2 atom stereocenters. The fourth-order valence-corrected chi connectivity index (χ4v) is 2.10. The molecular formula is C13H20ClFN2. The number of halogens is 2. The largest absolute Gasteiger partial charge is 0.313 e. The third-order valence-corrected chi connectivity index (χ3v) is 3.17. The first-order chi connectivity index (χ1) is 8.10. The molecule has 17 heavy (non-hydrogen) atoms. The van der Waals surface area contributed by atoms with Crippen LogP contribution in [0.2, 0.25) is 5.02 Å². The number of nitrogens with zero attached hydrogens (tertiary/aromatic N) is 1. The minimum Gasteiger partial charge on any atom is -0.313 e. The van der Waals surface area contributed by atoms with Crippen LogP contribution in [0.15, 0.2) is 12.3 Å². The molecule has 0 aliphatic carbocycles. The van der Waals surface area contributed by atoms with Crippen molar-refractivity contribution in [3.63, 3.8) is 0 Å². The van der Waals surface area contributed by atoms with Gasteiger partial charge in [0.25, 0.3) is 0 Å². The van der Waals surface area contributed by atoms with Crippen LogP contribution in [-0.2, 0) is 0 Å². The monoisotopic (exact) mass is 258 g/mol. The second kappa shape index (κ2) is 6.92. The summed E-state index contributed by atoms with van der Waals surface area (Å²) in [5.41, 5.74) is 0.491. The summed E-state index contributed by atoms with van der Waals surface area (Å²) in [5, 5.41) is 3.76. The highest BCUT2D eigenvalue weighted by molar-refractivity contribution is 6.30. The number of nitrogens with one attached hydrogen (secondary N) is 1. The van der Waals surface area contributed by atoms with Gasteiger partial charge >= 0.3 is 0 Å². The zero-order valence-electron chi connectivity index (χ0n) is 10.6. The summed E-state index contributed by atoms with van der Waals surface area (Å²) >= 11 is 5.70. The molecule has 2 unspecified atom stereocenters. The van der Waals surface area contributed by atoms with Gasteiger partial charge in [0.2, 0.25) is 0 Å². The summed E-state index contributed by atoms with van der Waals surface area (Å²) in [4.78, 5) is 4.11. The summed E-state index contributed by atoms with van der Waals surface area (Å²) in [5.74, 6) is -0.273. The molecule has 2 nitrogen and oxygen atoms in total. The lowest BCUT2D eigenvalue weighted by atomic mass is 9.95. The maximum absolute atomic E-state index is 13.7. The molecular weight excluding hydrogens is 239 g/mol. The molecule has 0 saturated carbocycles. The van der Waals surface area contributed by atoms with Gasteiger partial charge in [-0.1, -0.05) is 32.4 Å². The van der Waals surface area contributed by atoms with Crippen molar-refractivity contribution < 1.29 is 4.39 Å². The number of rotatable bonds is 6. The van der Waals surface area contributed by atoms with Crippen LogP contribution in [0.1, 0.15) is 45.2 Å². The highest BCUT2D eigenvalue weighted by Gasteiger charge is 2.21. The van der Waals surface area contributed by atoms with Crippen molar-refractivity contribution in [1.29, 1.82) is 0 Å². The number of aromatic nitrogens is 1. The molecule has 1 rings (SSSR count). The van der Waals surface area contributed by atoms with Crippen molar-refractivity contribution in [2.45, 2.75) is 45.6 Å². The van der Waals surface area contributed by atoms with Gasteiger partial charge in [0, 0.05) is 18.2 Å². The highest BCUT2D eigenvalue weighted by Crippen LogP contribution is 2.23. The summed E-state index contributed by atoms with van der Waals surface area (Å²) < 4.78 is 13.7. The first-order valence-corrected chi connectivity index (χ1v) is 6.52. The Morgan fingerprint density at radius 2 is 2.18 bits per heavy atom. The van der Waals surface area contributed by atoms with Gasteiger partial charge in [0.15, 0.2) is 0 Å². The quantitative estimate of drug-likeness (QED) is 0.841. The van der Waals surface area contributed by atoms with Gasteiger partial charge in [-0.05, 0) is 25.5 Å². The van der Waals surface area contributed by atoms with E-state index in [0.29, 0.717) is 10.7 Å². The fourth-order valence-electron chi connectivity index (χ4n) is 1.96. The van der Waals surface area contributed by atoms with Gasteiger partial charge in [-0.15, -0.1) is 0 Å². The van der Waals surface area contributed by atoms with Crippen LogP contribution in [-0.4, -0.2) is 17.6 Å². The maximum atomic E-state index is 13.7. The molecule has 1 heterocycles. The molecule has 0 aliphatic rings. The molecule has 0 fully saturated rings. The minimum absolute atomic E-state index is 0.0452. The predicted molar refractivity (Wildman–Crippen MR) is 70.0 cm³/mol. The Bertz CT molecular complexity index is 357. The van der Waals surface area contributed by atoms with Gasteiger partial charge in [-0.25, -0.2) is 4.39 Å². The van der Waals surface area contributed by atoms with Crippen molar-refractivity contribution in [1.82, 2.24) is 10.3 Å². The Labute approximate surface area is 108 Å². The topological polar surface area (TPSA) is 24.9 Å². The van der Waals surface area contributed by atoms with Crippen LogP contribution in [0.3, 0.4) is 0 Å². The zero-order valence-corrected chi connectivity index (χ0v) is 11.4. The molecule has 0 saturated heterocycles. The molecule has 0 aliphatic heterocycles. The smallest absolute Gasteiger partial charge is 0.146 e. The summed E-state index contributed by atoms with van der Waals surface area (Å²) in [6, 6.07) is 1.57. The van der Waals surface area contributed by atoms with Gasteiger partial charge in [0.05, 0.1) is 10.7 Å². The van der Waals surface area contributed by atoms with Crippen LogP contribution in [0.5, 0.6) is 0 Å². The number of hydrogen-bond acceptors (Lipinski definition) is 2. The van der Waals surface area contributed by atoms with E-state index in [0.717, 1.165) is 19.4 Å². The van der Waals surface area contributed by atoms with Crippen molar-refractivity contribution in [2.75, 3.05) is 6.54 Å². The SMILES string of the molecule is CCCNC(CC)C(C)c1ncc(Cl)cc1F. The molecule has 1 N–H and O–H groups in total. The van der Waals surface area contributed by atoms with E-state index in [4.69, 9.17) is 11.6 Å². The van der Waals surface area contributed by atoms with E-state index in [1.165, 1.54) is 12.3 Å². The van der Waals surface area contributed by atoms with Crippen LogP contribution >= 0.6 is 11.6 Å². The van der Waals surface area contributed by atoms with E-state index in [1.54, 1.807) is 0 Å². The van der Waals surface area contributed by atoms with E-state index in [9.17, 15) is 4.39 Å². The molecule has 0 bridgehead atoms. The molecule has 1 aromatic rings. The van der Waals surface area contributed by atoms with Gasteiger partial charge < -0.3 is 5.32 Å². The number of pyridine rings is 1. The Morgan fingerprint density at radius 1 is 1.47 bits per heavy atom. The molecule has 0 spiro atoms. The standard InChI is InChI=1S/C13H20ClFN2/c1-4-6-16-12(5-2)9(3)13-11(15)7-10(14)8-17-13/h7-9,12,16H,4-6H2,1-3H3. The Balaban J connectivity index is 2.81. The molecule has 0 amide bonds. The third kappa shape index (κ3) is 3.93. The summed E-state index contributed by atoms with van der Waals surface area (Å²) in [6.45, 7) is 7.15. The van der Waals surface area contributed by atoms with E-state index < -0.39 is 0 Å². The molecule has 96 valence electrons. The fraction of sp³-hybridized carbons (Fsp3) is 0.615. The second-order valence-corrected chi connectivity index (χ2v) is 4.71. The van der Waals surface area contributed by atoms with Crippen molar-refractivity contribution in [3.05, 3.63) is 28.8 Å². The van der Waals surface area contributed by atoms with Crippen LogP contribution < -0.4 is 5.32 Å². The van der Waals surface area contributed by atoms with Crippen molar-refractivity contribution >= 4 is 11.6 Å². The third-order valence-electron chi connectivity index (χ3n) is 2.97. The molecule has 0 radical (unpaired) electrons. The lowest BCUT2D eigenvalue weighted by Crippen LogP contribution is -2.34. The molecule has 4 heteroatoms. The maximum Gasteiger partial charge on any atom is 0.146 e. The second-order valence-electron chi connectivity index (χ2n) is 4.28. The number of hydrogen-bond donors (Lipinski definition) is 1. The first kappa shape index (κ1) is 14.4. The van der Waals surface area contributed by atoms with Gasteiger partial charge in [-0.2, -0.15) is 0 Å². The molecule has 1 aromatic heterocycles. The minimum atomic E-state index is -0.318. The average Bonchev–Trinajstić information content (AvgIpc) is 2.29. The van der Waals surface area contributed by atoms with Crippen LogP contribution in [0, 0.1) is 5.82 Å². The van der Waals surface area contributed by atoms with Gasteiger partial charge in [0.1, 0.15) is 5.82 Å². The zero-order chi connectivity index (χ0) is 12.8.